The molecule has 0 fully saturated rings. The Morgan fingerprint density at radius 1 is 1.22 bits per heavy atom. The van der Waals surface area contributed by atoms with Crippen LogP contribution in [0.1, 0.15) is 16.8 Å². The van der Waals surface area contributed by atoms with Gasteiger partial charge in [-0.25, -0.2) is 0 Å². The van der Waals surface area contributed by atoms with Crippen molar-refractivity contribution in [1.82, 2.24) is 4.98 Å². The standard InChI is InChI=1S/C15H15NO2/c17-9-12-8-15(11-4-2-1-3-5-11)16-14-6-7-18-10-13(12)14/h1-5,8,17H,6-7,9-10H2. The van der Waals surface area contributed by atoms with Gasteiger partial charge in [-0.3, -0.25) is 4.98 Å². The lowest BCUT2D eigenvalue weighted by Gasteiger charge is -2.19. The quantitative estimate of drug-likeness (QED) is 0.877. The molecule has 2 heterocycles. The minimum absolute atomic E-state index is 0.0358. The molecule has 0 amide bonds. The molecule has 1 aliphatic rings. The van der Waals surface area contributed by atoms with Gasteiger partial charge >= 0.3 is 0 Å². The van der Waals surface area contributed by atoms with Crippen LogP contribution in [-0.2, 0) is 24.4 Å². The van der Waals surface area contributed by atoms with Crippen LogP contribution in [-0.4, -0.2) is 16.7 Å². The van der Waals surface area contributed by atoms with Crippen LogP contribution in [0, 0.1) is 0 Å². The zero-order chi connectivity index (χ0) is 12.4. The van der Waals surface area contributed by atoms with Crippen LogP contribution in [0.5, 0.6) is 0 Å². The molecule has 0 aliphatic carbocycles. The SMILES string of the molecule is OCc1cc(-c2ccccc2)nc2c1COCC2. The molecule has 0 radical (unpaired) electrons. The highest BCUT2D eigenvalue weighted by Crippen LogP contribution is 2.25. The van der Waals surface area contributed by atoms with Crippen molar-refractivity contribution in [1.29, 1.82) is 0 Å². The van der Waals surface area contributed by atoms with E-state index in [0.717, 1.165) is 34.5 Å². The van der Waals surface area contributed by atoms with Crippen molar-refractivity contribution in [2.45, 2.75) is 19.6 Å². The lowest BCUT2D eigenvalue weighted by atomic mass is 10.0. The van der Waals surface area contributed by atoms with Crippen molar-refractivity contribution in [3.05, 3.63) is 53.2 Å². The number of ether oxygens (including phenoxy) is 1. The number of fused-ring (bicyclic) bond motifs is 1. The summed E-state index contributed by atoms with van der Waals surface area (Å²) in [6, 6.07) is 12.0. The number of benzene rings is 1. The highest BCUT2D eigenvalue weighted by Gasteiger charge is 2.16. The van der Waals surface area contributed by atoms with Gasteiger partial charge in [-0.1, -0.05) is 30.3 Å². The van der Waals surface area contributed by atoms with E-state index in [4.69, 9.17) is 9.72 Å². The molecule has 18 heavy (non-hydrogen) atoms. The second-order valence-corrected chi connectivity index (χ2v) is 4.42. The number of nitrogens with zero attached hydrogens (tertiary/aromatic N) is 1. The molecule has 3 nitrogen and oxygen atoms in total. The molecule has 3 heteroatoms. The van der Waals surface area contributed by atoms with Gasteiger partial charge < -0.3 is 9.84 Å². The molecule has 0 atom stereocenters. The minimum Gasteiger partial charge on any atom is -0.392 e. The number of aliphatic hydroxyl groups excluding tert-OH is 1. The normalized spacial score (nSPS) is 14.3. The number of pyridine rings is 1. The zero-order valence-electron chi connectivity index (χ0n) is 10.1. The van der Waals surface area contributed by atoms with E-state index < -0.39 is 0 Å². The van der Waals surface area contributed by atoms with Crippen LogP contribution in [0.15, 0.2) is 36.4 Å². The van der Waals surface area contributed by atoms with Gasteiger partial charge in [0.1, 0.15) is 0 Å². The summed E-state index contributed by atoms with van der Waals surface area (Å²) in [5.74, 6) is 0. The van der Waals surface area contributed by atoms with E-state index in [0.29, 0.717) is 13.2 Å². The van der Waals surface area contributed by atoms with E-state index in [1.54, 1.807) is 0 Å². The fraction of sp³-hybridized carbons (Fsp3) is 0.267. The molecule has 1 N–H and O–H groups in total. The Bertz CT molecular complexity index is 535. The fourth-order valence-corrected chi connectivity index (χ4v) is 2.31. The lowest BCUT2D eigenvalue weighted by molar-refractivity contribution is 0.107. The van der Waals surface area contributed by atoms with E-state index in [1.165, 1.54) is 0 Å². The maximum absolute atomic E-state index is 9.48. The van der Waals surface area contributed by atoms with Crippen molar-refractivity contribution >= 4 is 0 Å². The fourth-order valence-electron chi connectivity index (χ4n) is 2.31. The molecule has 0 spiro atoms. The predicted molar refractivity (Wildman–Crippen MR) is 69.0 cm³/mol. The molecular formula is C15H15NO2. The number of hydrogen-bond donors (Lipinski definition) is 1. The third-order valence-electron chi connectivity index (χ3n) is 3.27. The zero-order valence-corrected chi connectivity index (χ0v) is 10.1. The highest BCUT2D eigenvalue weighted by atomic mass is 16.5. The van der Waals surface area contributed by atoms with Crippen LogP contribution in [0.25, 0.3) is 11.3 Å². The molecule has 0 bridgehead atoms. The van der Waals surface area contributed by atoms with Crippen LogP contribution >= 0.6 is 0 Å². The second kappa shape index (κ2) is 4.88. The first kappa shape index (κ1) is 11.4. The average molecular weight is 241 g/mol. The van der Waals surface area contributed by atoms with E-state index >= 15 is 0 Å². The number of aromatic nitrogens is 1. The van der Waals surface area contributed by atoms with E-state index in [1.807, 2.05) is 36.4 Å². The van der Waals surface area contributed by atoms with Crippen LogP contribution in [0.4, 0.5) is 0 Å². The van der Waals surface area contributed by atoms with Gasteiger partial charge in [0.05, 0.1) is 25.5 Å². The Morgan fingerprint density at radius 2 is 2.06 bits per heavy atom. The molecule has 0 unspecified atom stereocenters. The van der Waals surface area contributed by atoms with Crippen LogP contribution in [0.3, 0.4) is 0 Å². The van der Waals surface area contributed by atoms with Gasteiger partial charge in [0.25, 0.3) is 0 Å². The Balaban J connectivity index is 2.12. The van der Waals surface area contributed by atoms with Gasteiger partial charge in [0.2, 0.25) is 0 Å². The summed E-state index contributed by atoms with van der Waals surface area (Å²) in [7, 11) is 0. The Hall–Kier alpha value is -1.71. The van der Waals surface area contributed by atoms with Gasteiger partial charge in [-0.15, -0.1) is 0 Å². The maximum Gasteiger partial charge on any atom is 0.0738 e. The Labute approximate surface area is 106 Å². The summed E-state index contributed by atoms with van der Waals surface area (Å²) >= 11 is 0. The van der Waals surface area contributed by atoms with Gasteiger partial charge in [0, 0.05) is 23.2 Å². The first-order valence-electron chi connectivity index (χ1n) is 6.14. The highest BCUT2D eigenvalue weighted by molar-refractivity contribution is 5.61. The van der Waals surface area contributed by atoms with Crippen LogP contribution < -0.4 is 0 Å². The molecule has 0 saturated carbocycles. The van der Waals surface area contributed by atoms with Crippen molar-refractivity contribution in [3.63, 3.8) is 0 Å². The summed E-state index contributed by atoms with van der Waals surface area (Å²) in [6.07, 6.45) is 0.822. The first-order chi connectivity index (χ1) is 8.88. The molecule has 2 aromatic rings. The van der Waals surface area contributed by atoms with Crippen molar-refractivity contribution < 1.29 is 9.84 Å². The minimum atomic E-state index is 0.0358. The Morgan fingerprint density at radius 3 is 2.83 bits per heavy atom. The van der Waals surface area contributed by atoms with E-state index in [-0.39, 0.29) is 6.61 Å². The summed E-state index contributed by atoms with van der Waals surface area (Å²) in [4.78, 5) is 4.70. The third-order valence-corrected chi connectivity index (χ3v) is 3.27. The van der Waals surface area contributed by atoms with Crippen molar-refractivity contribution in [3.8, 4) is 11.3 Å². The lowest BCUT2D eigenvalue weighted by Crippen LogP contribution is -2.15. The van der Waals surface area contributed by atoms with Crippen LogP contribution in [0.2, 0.25) is 0 Å². The molecular weight excluding hydrogens is 226 g/mol. The van der Waals surface area contributed by atoms with Crippen molar-refractivity contribution in [2.75, 3.05) is 6.61 Å². The predicted octanol–water partition coefficient (Wildman–Crippen LogP) is 2.31. The molecule has 0 saturated heterocycles. The smallest absolute Gasteiger partial charge is 0.0738 e. The first-order valence-corrected chi connectivity index (χ1v) is 6.14. The number of rotatable bonds is 2. The summed E-state index contributed by atoms with van der Waals surface area (Å²) < 4.78 is 5.43. The largest absolute Gasteiger partial charge is 0.392 e. The van der Waals surface area contributed by atoms with E-state index in [2.05, 4.69) is 0 Å². The molecule has 1 aromatic carbocycles. The van der Waals surface area contributed by atoms with Gasteiger partial charge in [-0.05, 0) is 11.6 Å². The number of aliphatic hydroxyl groups is 1. The second-order valence-electron chi connectivity index (χ2n) is 4.42. The summed E-state index contributed by atoms with van der Waals surface area (Å²) in [5.41, 5.74) is 5.07. The molecule has 1 aliphatic heterocycles. The molecule has 92 valence electrons. The topological polar surface area (TPSA) is 42.4 Å². The van der Waals surface area contributed by atoms with Gasteiger partial charge in [-0.2, -0.15) is 0 Å². The molecule has 1 aromatic heterocycles. The monoisotopic (exact) mass is 241 g/mol. The third kappa shape index (κ3) is 2.03. The summed E-state index contributed by atoms with van der Waals surface area (Å²) in [5, 5.41) is 9.48. The molecule has 3 rings (SSSR count). The maximum atomic E-state index is 9.48. The average Bonchev–Trinajstić information content (AvgIpc) is 2.47. The van der Waals surface area contributed by atoms with Gasteiger partial charge in [0.15, 0.2) is 0 Å². The van der Waals surface area contributed by atoms with Crippen molar-refractivity contribution in [2.24, 2.45) is 0 Å². The number of hydrogen-bond acceptors (Lipinski definition) is 3. The Kier molecular flexibility index (Phi) is 3.09. The van der Waals surface area contributed by atoms with E-state index in [9.17, 15) is 5.11 Å². The summed E-state index contributed by atoms with van der Waals surface area (Å²) in [6.45, 7) is 1.31.